The zero-order chi connectivity index (χ0) is 9.94. The molecule has 5 heteroatoms. The van der Waals surface area contributed by atoms with Crippen molar-refractivity contribution in [2.45, 2.75) is 19.1 Å². The lowest BCUT2D eigenvalue weighted by atomic mass is 10.1. The van der Waals surface area contributed by atoms with Gasteiger partial charge in [0.05, 0.1) is 5.70 Å². The molecule has 7 N–H and O–H groups in total. The Morgan fingerprint density at radius 1 is 1.33 bits per heavy atom. The van der Waals surface area contributed by atoms with Crippen molar-refractivity contribution < 1.29 is 5.11 Å². The van der Waals surface area contributed by atoms with Crippen molar-refractivity contribution in [2.75, 3.05) is 14.1 Å². The zero-order valence-electron chi connectivity index (χ0n) is 7.83. The van der Waals surface area contributed by atoms with Crippen LogP contribution in [0, 0.1) is 0 Å². The Hall–Kier alpha value is -0.940. The number of hydrogen-bond acceptors (Lipinski definition) is 5. The molecule has 12 heavy (non-hydrogen) atoms. The molecular formula is C7H18N4O. The van der Waals surface area contributed by atoms with Crippen LogP contribution >= 0.6 is 0 Å². The average molecular weight is 174 g/mol. The van der Waals surface area contributed by atoms with Gasteiger partial charge in [-0.05, 0) is 20.5 Å². The van der Waals surface area contributed by atoms with E-state index < -0.39 is 5.72 Å². The molecule has 0 saturated heterocycles. The van der Waals surface area contributed by atoms with Crippen LogP contribution in [0.3, 0.4) is 0 Å². The van der Waals surface area contributed by atoms with Crippen LogP contribution in [0.15, 0.2) is 11.5 Å². The topological polar surface area (TPSA) is 102 Å². The Bertz CT molecular complexity index is 186. The first-order valence-electron chi connectivity index (χ1n) is 3.77. The fourth-order valence-electron chi connectivity index (χ4n) is 0.979. The minimum atomic E-state index is -1.24. The molecule has 1 unspecified atom stereocenters. The summed E-state index contributed by atoms with van der Waals surface area (Å²) < 4.78 is 0. The quantitative estimate of drug-likeness (QED) is 0.398. The Labute approximate surface area is 72.8 Å². The smallest absolute Gasteiger partial charge is 0.161 e. The van der Waals surface area contributed by atoms with E-state index in [9.17, 15) is 5.11 Å². The summed E-state index contributed by atoms with van der Waals surface area (Å²) in [6.45, 7) is 1.80. The van der Waals surface area contributed by atoms with Crippen LogP contribution in [0.1, 0.15) is 13.3 Å². The molecular weight excluding hydrogens is 156 g/mol. The average Bonchev–Trinajstić information content (AvgIpc) is 2.01. The van der Waals surface area contributed by atoms with Crippen molar-refractivity contribution in [1.82, 2.24) is 4.90 Å². The van der Waals surface area contributed by atoms with Gasteiger partial charge in [-0.2, -0.15) is 0 Å². The number of likely N-dealkylation sites (N-methyl/N-ethyl adjacent to an activating group) is 1. The lowest BCUT2D eigenvalue weighted by Crippen LogP contribution is -2.49. The van der Waals surface area contributed by atoms with Gasteiger partial charge < -0.3 is 22.3 Å². The molecule has 0 aliphatic heterocycles. The first-order chi connectivity index (χ1) is 5.36. The van der Waals surface area contributed by atoms with Crippen molar-refractivity contribution in [3.05, 3.63) is 11.5 Å². The molecule has 0 radical (unpaired) electrons. The predicted molar refractivity (Wildman–Crippen MR) is 48.5 cm³/mol. The third-order valence-corrected chi connectivity index (χ3v) is 1.98. The molecule has 72 valence electrons. The molecule has 0 aliphatic rings. The second-order valence-electron chi connectivity index (χ2n) is 2.93. The highest BCUT2D eigenvalue weighted by Gasteiger charge is 2.31. The van der Waals surface area contributed by atoms with Gasteiger partial charge in [0, 0.05) is 0 Å². The van der Waals surface area contributed by atoms with E-state index in [1.54, 1.807) is 25.9 Å². The lowest BCUT2D eigenvalue weighted by Gasteiger charge is -2.34. The number of aliphatic hydroxyl groups is 1. The lowest BCUT2D eigenvalue weighted by molar-refractivity contribution is -0.0534. The van der Waals surface area contributed by atoms with E-state index in [0.29, 0.717) is 6.42 Å². The molecule has 0 aliphatic carbocycles. The van der Waals surface area contributed by atoms with Gasteiger partial charge in [0.1, 0.15) is 5.82 Å². The number of rotatable bonds is 3. The monoisotopic (exact) mass is 174 g/mol. The van der Waals surface area contributed by atoms with E-state index in [1.165, 1.54) is 0 Å². The molecule has 1 atom stereocenters. The standard InChI is InChI=1S/C7H18N4O/c1-4-7(12,11(2)3)5(8)6(9)10/h12H,4,8-10H2,1-3H3. The van der Waals surface area contributed by atoms with Crippen LogP contribution in [-0.4, -0.2) is 29.8 Å². The Morgan fingerprint density at radius 2 is 1.75 bits per heavy atom. The Balaban J connectivity index is 4.89. The highest BCUT2D eigenvalue weighted by Crippen LogP contribution is 2.19. The van der Waals surface area contributed by atoms with E-state index in [4.69, 9.17) is 17.2 Å². The summed E-state index contributed by atoms with van der Waals surface area (Å²) in [6.07, 6.45) is 0.434. The maximum Gasteiger partial charge on any atom is 0.161 e. The third kappa shape index (κ3) is 1.80. The molecule has 0 fully saturated rings. The molecule has 5 nitrogen and oxygen atoms in total. The molecule has 0 rings (SSSR count). The van der Waals surface area contributed by atoms with Gasteiger partial charge in [-0.15, -0.1) is 0 Å². The van der Waals surface area contributed by atoms with Crippen molar-refractivity contribution in [1.29, 1.82) is 0 Å². The second kappa shape index (κ2) is 3.64. The number of nitrogens with two attached hydrogens (primary N) is 3. The second-order valence-corrected chi connectivity index (χ2v) is 2.93. The predicted octanol–water partition coefficient (Wildman–Crippen LogP) is -1.31. The minimum Gasteiger partial charge on any atom is -0.396 e. The van der Waals surface area contributed by atoms with Gasteiger partial charge in [-0.1, -0.05) is 6.92 Å². The summed E-state index contributed by atoms with van der Waals surface area (Å²) in [6, 6.07) is 0. The van der Waals surface area contributed by atoms with Crippen molar-refractivity contribution in [3.63, 3.8) is 0 Å². The van der Waals surface area contributed by atoms with Crippen molar-refractivity contribution in [3.8, 4) is 0 Å². The summed E-state index contributed by atoms with van der Waals surface area (Å²) in [5.74, 6) is -0.0342. The van der Waals surface area contributed by atoms with Crippen LogP contribution in [0.25, 0.3) is 0 Å². The van der Waals surface area contributed by atoms with Gasteiger partial charge >= 0.3 is 0 Å². The van der Waals surface area contributed by atoms with Crippen LogP contribution in [0.2, 0.25) is 0 Å². The third-order valence-electron chi connectivity index (χ3n) is 1.98. The molecule has 0 amide bonds. The van der Waals surface area contributed by atoms with Gasteiger partial charge in [-0.3, -0.25) is 4.90 Å². The minimum absolute atomic E-state index is 0.0342. The summed E-state index contributed by atoms with van der Waals surface area (Å²) in [7, 11) is 3.42. The normalized spacial score (nSPS) is 15.8. The van der Waals surface area contributed by atoms with Crippen LogP contribution in [0.5, 0.6) is 0 Å². The summed E-state index contributed by atoms with van der Waals surface area (Å²) >= 11 is 0. The molecule has 0 aromatic rings. The van der Waals surface area contributed by atoms with Crippen molar-refractivity contribution in [2.24, 2.45) is 17.2 Å². The van der Waals surface area contributed by atoms with E-state index in [1.807, 2.05) is 0 Å². The van der Waals surface area contributed by atoms with Crippen LogP contribution < -0.4 is 17.2 Å². The molecule has 0 saturated carbocycles. The first kappa shape index (κ1) is 11.1. The van der Waals surface area contributed by atoms with E-state index in [2.05, 4.69) is 0 Å². The highest BCUT2D eigenvalue weighted by molar-refractivity contribution is 5.15. The number of hydrogen-bond donors (Lipinski definition) is 4. The fraction of sp³-hybridized carbons (Fsp3) is 0.714. The maximum absolute atomic E-state index is 9.92. The van der Waals surface area contributed by atoms with E-state index in [-0.39, 0.29) is 11.5 Å². The molecule has 0 aromatic carbocycles. The molecule has 0 heterocycles. The summed E-state index contributed by atoms with van der Waals surface area (Å²) in [5.41, 5.74) is 15.0. The van der Waals surface area contributed by atoms with E-state index >= 15 is 0 Å². The molecule has 0 spiro atoms. The fourth-order valence-corrected chi connectivity index (χ4v) is 0.979. The van der Waals surface area contributed by atoms with Crippen LogP contribution in [0.4, 0.5) is 0 Å². The molecule has 0 bridgehead atoms. The summed E-state index contributed by atoms with van der Waals surface area (Å²) in [5, 5.41) is 9.92. The number of nitrogens with zero attached hydrogens (tertiary/aromatic N) is 1. The Kier molecular flexibility index (Phi) is 3.36. The highest BCUT2D eigenvalue weighted by atomic mass is 16.3. The zero-order valence-corrected chi connectivity index (χ0v) is 7.83. The largest absolute Gasteiger partial charge is 0.396 e. The SMILES string of the molecule is CCC(O)(C(N)=C(N)N)N(C)C. The Morgan fingerprint density at radius 3 is 1.83 bits per heavy atom. The first-order valence-corrected chi connectivity index (χ1v) is 3.77. The van der Waals surface area contributed by atoms with E-state index in [0.717, 1.165) is 0 Å². The van der Waals surface area contributed by atoms with Gasteiger partial charge in [0.15, 0.2) is 5.72 Å². The summed E-state index contributed by atoms with van der Waals surface area (Å²) in [4.78, 5) is 1.57. The van der Waals surface area contributed by atoms with Gasteiger partial charge in [-0.25, -0.2) is 0 Å². The van der Waals surface area contributed by atoms with Crippen LogP contribution in [-0.2, 0) is 0 Å². The molecule has 0 aromatic heterocycles. The van der Waals surface area contributed by atoms with Gasteiger partial charge in [0.2, 0.25) is 0 Å². The van der Waals surface area contributed by atoms with Crippen molar-refractivity contribution >= 4 is 0 Å². The van der Waals surface area contributed by atoms with Gasteiger partial charge in [0.25, 0.3) is 0 Å². The maximum atomic E-state index is 9.92.